The molecule has 2 aliphatic rings. The van der Waals surface area contributed by atoms with Gasteiger partial charge in [-0.1, -0.05) is 46.3 Å². The lowest BCUT2D eigenvalue weighted by molar-refractivity contribution is 0.246. The van der Waals surface area contributed by atoms with Gasteiger partial charge in [-0.15, -0.1) is 17.0 Å². The molecule has 1 heterocycles. The molecule has 2 nitrogen and oxygen atoms in total. The molecule has 134 valence electrons. The smallest absolute Gasteiger partial charge is 0.0397 e. The fourth-order valence-electron chi connectivity index (χ4n) is 4.03. The highest BCUT2D eigenvalue weighted by molar-refractivity contribution is 9.10. The number of hydrogen-bond acceptors (Lipinski definition) is 2. The standard InChI is InChI=1S/C21H25BrN2.BrH/c1-16-13-19(22)7-8-21(16)24-11-9-23(10-12-24)15-18-14-20(18)17-5-3-2-4-6-17;/h2-8,13,18,20H,9-12,14-15H2,1H3;1H. The van der Waals surface area contributed by atoms with E-state index in [4.69, 9.17) is 0 Å². The minimum atomic E-state index is 0. The van der Waals surface area contributed by atoms with Crippen molar-refractivity contribution in [2.75, 3.05) is 37.6 Å². The van der Waals surface area contributed by atoms with E-state index >= 15 is 0 Å². The first-order chi connectivity index (χ1) is 11.7. The topological polar surface area (TPSA) is 6.48 Å². The van der Waals surface area contributed by atoms with Gasteiger partial charge in [0.25, 0.3) is 0 Å². The fourth-order valence-corrected chi connectivity index (χ4v) is 4.51. The summed E-state index contributed by atoms with van der Waals surface area (Å²) in [5.41, 5.74) is 4.29. The van der Waals surface area contributed by atoms with E-state index in [2.05, 4.69) is 81.2 Å². The largest absolute Gasteiger partial charge is 0.369 e. The first kappa shape index (κ1) is 18.9. The summed E-state index contributed by atoms with van der Waals surface area (Å²) in [4.78, 5) is 5.21. The zero-order valence-corrected chi connectivity index (χ0v) is 18.0. The summed E-state index contributed by atoms with van der Waals surface area (Å²) in [5, 5.41) is 0. The highest BCUT2D eigenvalue weighted by Gasteiger charge is 2.39. The van der Waals surface area contributed by atoms with E-state index in [1.165, 1.54) is 47.3 Å². The molecule has 1 saturated carbocycles. The van der Waals surface area contributed by atoms with E-state index in [1.54, 1.807) is 0 Å². The summed E-state index contributed by atoms with van der Waals surface area (Å²) in [6.07, 6.45) is 1.37. The second-order valence-electron chi connectivity index (χ2n) is 7.23. The van der Waals surface area contributed by atoms with Gasteiger partial charge in [0.1, 0.15) is 0 Å². The molecule has 2 atom stereocenters. The zero-order chi connectivity index (χ0) is 16.5. The van der Waals surface area contributed by atoms with Gasteiger partial charge < -0.3 is 4.90 Å². The van der Waals surface area contributed by atoms with Crippen molar-refractivity contribution in [1.82, 2.24) is 4.90 Å². The summed E-state index contributed by atoms with van der Waals surface area (Å²) >= 11 is 3.56. The lowest BCUT2D eigenvalue weighted by atomic mass is 10.1. The molecule has 4 rings (SSSR count). The maximum absolute atomic E-state index is 3.56. The van der Waals surface area contributed by atoms with E-state index in [0.717, 1.165) is 24.9 Å². The Morgan fingerprint density at radius 2 is 1.72 bits per heavy atom. The predicted molar refractivity (Wildman–Crippen MR) is 115 cm³/mol. The summed E-state index contributed by atoms with van der Waals surface area (Å²) in [6.45, 7) is 8.14. The second-order valence-corrected chi connectivity index (χ2v) is 8.15. The van der Waals surface area contributed by atoms with Crippen LogP contribution in [0.4, 0.5) is 5.69 Å². The van der Waals surface area contributed by atoms with Crippen molar-refractivity contribution in [1.29, 1.82) is 0 Å². The maximum Gasteiger partial charge on any atom is 0.0397 e. The average molecular weight is 466 g/mol. The number of halogens is 2. The summed E-state index contributed by atoms with van der Waals surface area (Å²) in [7, 11) is 0. The third-order valence-corrected chi connectivity index (χ3v) is 6.01. The van der Waals surface area contributed by atoms with Crippen molar-refractivity contribution in [2.45, 2.75) is 19.3 Å². The Morgan fingerprint density at radius 1 is 1.00 bits per heavy atom. The Kier molecular flexibility index (Phi) is 6.24. The SMILES string of the molecule is Br.Cc1cc(Br)ccc1N1CCN(CC2CC2c2ccccc2)CC1. The molecule has 0 amide bonds. The van der Waals surface area contributed by atoms with Crippen LogP contribution in [0.2, 0.25) is 0 Å². The van der Waals surface area contributed by atoms with Gasteiger partial charge in [-0.2, -0.15) is 0 Å². The van der Waals surface area contributed by atoms with Crippen molar-refractivity contribution in [3.05, 3.63) is 64.1 Å². The van der Waals surface area contributed by atoms with Crippen molar-refractivity contribution >= 4 is 38.6 Å². The molecule has 2 aromatic rings. The third kappa shape index (κ3) is 4.47. The Balaban J connectivity index is 0.00000182. The van der Waals surface area contributed by atoms with Gasteiger partial charge in [-0.25, -0.2) is 0 Å². The van der Waals surface area contributed by atoms with Gasteiger partial charge in [0.15, 0.2) is 0 Å². The number of aryl methyl sites for hydroxylation is 1. The van der Waals surface area contributed by atoms with Crippen LogP contribution < -0.4 is 4.90 Å². The lowest BCUT2D eigenvalue weighted by Crippen LogP contribution is -2.47. The minimum Gasteiger partial charge on any atom is -0.369 e. The van der Waals surface area contributed by atoms with Crippen LogP contribution in [0.5, 0.6) is 0 Å². The number of nitrogens with zero attached hydrogens (tertiary/aromatic N) is 2. The molecule has 0 N–H and O–H groups in total. The molecule has 0 radical (unpaired) electrons. The van der Waals surface area contributed by atoms with Gasteiger partial charge in [-0.05, 0) is 54.5 Å². The second kappa shape index (κ2) is 8.24. The predicted octanol–water partition coefficient (Wildman–Crippen LogP) is 5.26. The molecule has 2 fully saturated rings. The molecule has 2 aromatic carbocycles. The Bertz CT molecular complexity index is 696. The third-order valence-electron chi connectivity index (χ3n) is 5.51. The molecular formula is C21H26Br2N2. The first-order valence-electron chi connectivity index (χ1n) is 8.99. The average Bonchev–Trinajstić information content (AvgIpc) is 3.36. The zero-order valence-electron chi connectivity index (χ0n) is 14.7. The van der Waals surface area contributed by atoms with Gasteiger partial charge >= 0.3 is 0 Å². The monoisotopic (exact) mass is 464 g/mol. The summed E-state index contributed by atoms with van der Waals surface area (Å²) in [5.74, 6) is 1.67. The Labute approximate surface area is 170 Å². The Hall–Kier alpha value is -0.840. The highest BCUT2D eigenvalue weighted by atomic mass is 79.9. The molecular weight excluding hydrogens is 440 g/mol. The molecule has 25 heavy (non-hydrogen) atoms. The molecule has 1 aliphatic heterocycles. The van der Waals surface area contributed by atoms with Crippen LogP contribution in [-0.2, 0) is 0 Å². The van der Waals surface area contributed by atoms with E-state index < -0.39 is 0 Å². The van der Waals surface area contributed by atoms with Crippen molar-refractivity contribution in [2.24, 2.45) is 5.92 Å². The molecule has 1 saturated heterocycles. The van der Waals surface area contributed by atoms with Crippen molar-refractivity contribution in [3.63, 3.8) is 0 Å². The highest BCUT2D eigenvalue weighted by Crippen LogP contribution is 2.47. The number of piperazine rings is 1. The fraction of sp³-hybridized carbons (Fsp3) is 0.429. The van der Waals surface area contributed by atoms with Crippen LogP contribution in [0.3, 0.4) is 0 Å². The van der Waals surface area contributed by atoms with Crippen LogP contribution in [0.15, 0.2) is 53.0 Å². The van der Waals surface area contributed by atoms with Gasteiger partial charge in [0.2, 0.25) is 0 Å². The van der Waals surface area contributed by atoms with Gasteiger partial charge in [0, 0.05) is 42.9 Å². The van der Waals surface area contributed by atoms with Crippen LogP contribution in [0.1, 0.15) is 23.5 Å². The van der Waals surface area contributed by atoms with Crippen LogP contribution in [0.25, 0.3) is 0 Å². The van der Waals surface area contributed by atoms with Crippen LogP contribution >= 0.6 is 32.9 Å². The van der Waals surface area contributed by atoms with E-state index in [9.17, 15) is 0 Å². The number of benzene rings is 2. The lowest BCUT2D eigenvalue weighted by Gasteiger charge is -2.37. The van der Waals surface area contributed by atoms with Crippen molar-refractivity contribution in [3.8, 4) is 0 Å². The van der Waals surface area contributed by atoms with Gasteiger partial charge in [-0.3, -0.25) is 4.90 Å². The van der Waals surface area contributed by atoms with Crippen LogP contribution in [0, 0.1) is 12.8 Å². The molecule has 4 heteroatoms. The number of hydrogen-bond donors (Lipinski definition) is 0. The summed E-state index contributed by atoms with van der Waals surface area (Å²) in [6, 6.07) is 17.7. The molecule has 2 unspecified atom stereocenters. The summed E-state index contributed by atoms with van der Waals surface area (Å²) < 4.78 is 1.17. The number of anilines is 1. The normalized spacial score (nSPS) is 23.2. The molecule has 0 spiro atoms. The Morgan fingerprint density at radius 3 is 2.40 bits per heavy atom. The molecule has 0 aromatic heterocycles. The molecule has 0 bridgehead atoms. The maximum atomic E-state index is 3.56. The number of rotatable bonds is 4. The van der Waals surface area contributed by atoms with E-state index in [1.807, 2.05) is 0 Å². The van der Waals surface area contributed by atoms with E-state index in [0.29, 0.717) is 0 Å². The van der Waals surface area contributed by atoms with E-state index in [-0.39, 0.29) is 17.0 Å². The minimum absolute atomic E-state index is 0. The first-order valence-corrected chi connectivity index (χ1v) is 9.78. The van der Waals surface area contributed by atoms with Gasteiger partial charge in [0.05, 0.1) is 0 Å². The van der Waals surface area contributed by atoms with Crippen LogP contribution in [-0.4, -0.2) is 37.6 Å². The quantitative estimate of drug-likeness (QED) is 0.607. The molecule has 1 aliphatic carbocycles. The van der Waals surface area contributed by atoms with Crippen molar-refractivity contribution < 1.29 is 0 Å².